The highest BCUT2D eigenvalue weighted by Crippen LogP contribution is 2.17. The molecule has 1 aromatic rings. The van der Waals surface area contributed by atoms with E-state index in [1.807, 2.05) is 17.0 Å². The smallest absolute Gasteiger partial charge is 0.222 e. The molecule has 4 nitrogen and oxygen atoms in total. The summed E-state index contributed by atoms with van der Waals surface area (Å²) in [4.78, 5) is 13.3. The second-order valence-electron chi connectivity index (χ2n) is 4.29. The molecule has 94 valence electrons. The lowest BCUT2D eigenvalue weighted by atomic mass is 10.2. The minimum absolute atomic E-state index is 0.243. The van der Waals surface area contributed by atoms with Gasteiger partial charge in [0.1, 0.15) is 11.8 Å². The maximum Gasteiger partial charge on any atom is 0.222 e. The Morgan fingerprint density at radius 3 is 2.94 bits per heavy atom. The Morgan fingerprint density at radius 2 is 2.22 bits per heavy atom. The van der Waals surface area contributed by atoms with E-state index in [1.54, 1.807) is 12.1 Å². The van der Waals surface area contributed by atoms with Gasteiger partial charge in [0.25, 0.3) is 0 Å². The lowest BCUT2D eigenvalue weighted by Gasteiger charge is -2.15. The highest BCUT2D eigenvalue weighted by atomic mass is 16.5. The molecule has 4 heteroatoms. The number of nitriles is 1. The number of hydrogen-bond donors (Lipinski definition) is 0. The van der Waals surface area contributed by atoms with Crippen LogP contribution in [0, 0.1) is 11.3 Å². The fourth-order valence-electron chi connectivity index (χ4n) is 2.06. The van der Waals surface area contributed by atoms with E-state index in [0.717, 1.165) is 25.9 Å². The van der Waals surface area contributed by atoms with E-state index >= 15 is 0 Å². The second kappa shape index (κ2) is 6.06. The molecular weight excluding hydrogens is 228 g/mol. The van der Waals surface area contributed by atoms with E-state index in [9.17, 15) is 4.79 Å². The molecule has 1 aliphatic rings. The van der Waals surface area contributed by atoms with Gasteiger partial charge in [0.15, 0.2) is 0 Å². The zero-order valence-electron chi connectivity index (χ0n) is 10.3. The van der Waals surface area contributed by atoms with Gasteiger partial charge in [-0.25, -0.2) is 0 Å². The molecule has 1 aromatic carbocycles. The third-order valence-electron chi connectivity index (χ3n) is 3.01. The molecule has 18 heavy (non-hydrogen) atoms. The van der Waals surface area contributed by atoms with E-state index in [0.29, 0.717) is 24.3 Å². The molecule has 1 aliphatic heterocycles. The van der Waals surface area contributed by atoms with Crippen molar-refractivity contribution in [3.63, 3.8) is 0 Å². The summed E-state index contributed by atoms with van der Waals surface area (Å²) in [6.07, 6.45) is 2.45. The normalized spacial score (nSPS) is 14.6. The van der Waals surface area contributed by atoms with Crippen molar-refractivity contribution in [3.05, 3.63) is 29.8 Å². The summed E-state index contributed by atoms with van der Waals surface area (Å²) >= 11 is 0. The third-order valence-corrected chi connectivity index (χ3v) is 3.01. The number of carbonyl (C=O) groups excluding carboxylic acids is 1. The summed E-state index contributed by atoms with van der Waals surface area (Å²) in [5.74, 6) is 0.861. The van der Waals surface area contributed by atoms with Crippen LogP contribution in [0.3, 0.4) is 0 Å². The van der Waals surface area contributed by atoms with E-state index in [2.05, 4.69) is 6.07 Å². The van der Waals surface area contributed by atoms with Crippen molar-refractivity contribution in [2.75, 3.05) is 19.7 Å². The molecule has 1 fully saturated rings. The Kier molecular flexibility index (Phi) is 4.19. The Bertz CT molecular complexity index is 465. The van der Waals surface area contributed by atoms with Crippen molar-refractivity contribution < 1.29 is 9.53 Å². The highest BCUT2D eigenvalue weighted by molar-refractivity contribution is 5.77. The van der Waals surface area contributed by atoms with Crippen LogP contribution < -0.4 is 4.74 Å². The van der Waals surface area contributed by atoms with Gasteiger partial charge in [-0.05, 0) is 25.0 Å². The number of hydrogen-bond acceptors (Lipinski definition) is 3. The molecule has 1 heterocycles. The summed E-state index contributed by atoms with van der Waals surface area (Å²) in [5.41, 5.74) is 0.551. The summed E-state index contributed by atoms with van der Waals surface area (Å²) < 4.78 is 5.56. The summed E-state index contributed by atoms with van der Waals surface area (Å²) in [6, 6.07) is 9.28. The van der Waals surface area contributed by atoms with Gasteiger partial charge in [0.2, 0.25) is 5.91 Å². The molecule has 1 amide bonds. The third kappa shape index (κ3) is 3.01. The van der Waals surface area contributed by atoms with E-state index in [1.165, 1.54) is 0 Å². The first kappa shape index (κ1) is 12.4. The average molecular weight is 244 g/mol. The van der Waals surface area contributed by atoms with Gasteiger partial charge in [0.05, 0.1) is 12.2 Å². The number of carbonyl (C=O) groups is 1. The fraction of sp³-hybridized carbons (Fsp3) is 0.429. The lowest BCUT2D eigenvalue weighted by molar-refractivity contribution is -0.127. The maximum absolute atomic E-state index is 11.4. The van der Waals surface area contributed by atoms with Crippen LogP contribution in [0.4, 0.5) is 0 Å². The van der Waals surface area contributed by atoms with Gasteiger partial charge in [-0.15, -0.1) is 0 Å². The summed E-state index contributed by atoms with van der Waals surface area (Å²) in [6.45, 7) is 2.14. The van der Waals surface area contributed by atoms with Crippen molar-refractivity contribution in [3.8, 4) is 11.8 Å². The van der Waals surface area contributed by atoms with E-state index < -0.39 is 0 Å². The van der Waals surface area contributed by atoms with E-state index in [-0.39, 0.29) is 5.91 Å². The molecule has 0 unspecified atom stereocenters. The van der Waals surface area contributed by atoms with Crippen molar-refractivity contribution in [1.29, 1.82) is 5.26 Å². The molecule has 0 saturated carbocycles. The van der Waals surface area contributed by atoms with E-state index in [4.69, 9.17) is 10.00 Å². The van der Waals surface area contributed by atoms with Gasteiger partial charge in [-0.3, -0.25) is 4.79 Å². The van der Waals surface area contributed by atoms with Gasteiger partial charge in [-0.2, -0.15) is 5.26 Å². The van der Waals surface area contributed by atoms with Crippen molar-refractivity contribution in [1.82, 2.24) is 4.90 Å². The van der Waals surface area contributed by atoms with Crippen molar-refractivity contribution in [2.45, 2.75) is 19.3 Å². The molecule has 1 saturated heterocycles. The number of ether oxygens (including phenoxy) is 1. The van der Waals surface area contributed by atoms with Crippen LogP contribution in [0.5, 0.6) is 5.75 Å². The molecule has 0 aromatic heterocycles. The van der Waals surface area contributed by atoms with Crippen molar-refractivity contribution >= 4 is 5.91 Å². The topological polar surface area (TPSA) is 53.3 Å². The van der Waals surface area contributed by atoms with Crippen LogP contribution in [0.15, 0.2) is 24.3 Å². The first-order valence-electron chi connectivity index (χ1n) is 6.21. The Morgan fingerprint density at radius 1 is 1.39 bits per heavy atom. The molecule has 0 N–H and O–H groups in total. The van der Waals surface area contributed by atoms with Crippen LogP contribution in [-0.2, 0) is 4.79 Å². The number of likely N-dealkylation sites (tertiary alicyclic amines) is 1. The number of nitrogens with zero attached hydrogens (tertiary/aromatic N) is 2. The zero-order valence-corrected chi connectivity index (χ0v) is 10.3. The highest BCUT2D eigenvalue weighted by Gasteiger charge is 2.19. The van der Waals surface area contributed by atoms with Gasteiger partial charge < -0.3 is 9.64 Å². The molecule has 2 rings (SSSR count). The van der Waals surface area contributed by atoms with Crippen LogP contribution >= 0.6 is 0 Å². The first-order chi connectivity index (χ1) is 8.81. The minimum atomic E-state index is 0.243. The molecule has 0 radical (unpaired) electrons. The average Bonchev–Trinajstić information content (AvgIpc) is 2.81. The minimum Gasteiger partial charge on any atom is -0.492 e. The van der Waals surface area contributed by atoms with Crippen LogP contribution in [0.25, 0.3) is 0 Å². The molecule has 0 aliphatic carbocycles. The monoisotopic (exact) mass is 244 g/mol. The Labute approximate surface area is 107 Å². The number of rotatable bonds is 5. The predicted molar refractivity (Wildman–Crippen MR) is 67.1 cm³/mol. The number of amides is 1. The van der Waals surface area contributed by atoms with Gasteiger partial charge in [-0.1, -0.05) is 12.1 Å². The Balaban J connectivity index is 1.75. The van der Waals surface area contributed by atoms with Crippen LogP contribution in [-0.4, -0.2) is 30.5 Å². The van der Waals surface area contributed by atoms with Crippen LogP contribution in [0.2, 0.25) is 0 Å². The molecule has 0 atom stereocenters. The molecule has 0 bridgehead atoms. The maximum atomic E-state index is 11.4. The van der Waals surface area contributed by atoms with Gasteiger partial charge in [0, 0.05) is 19.5 Å². The predicted octanol–water partition coefficient (Wildman–Crippen LogP) is 1.95. The van der Waals surface area contributed by atoms with Gasteiger partial charge >= 0.3 is 0 Å². The lowest BCUT2D eigenvalue weighted by Crippen LogP contribution is -2.26. The fourth-order valence-corrected chi connectivity index (χ4v) is 2.06. The summed E-state index contributed by atoms with van der Waals surface area (Å²) in [5, 5.41) is 8.90. The first-order valence-corrected chi connectivity index (χ1v) is 6.21. The largest absolute Gasteiger partial charge is 0.492 e. The second-order valence-corrected chi connectivity index (χ2v) is 4.29. The number of benzene rings is 1. The Hall–Kier alpha value is -2.02. The molecular formula is C14H16N2O2. The van der Waals surface area contributed by atoms with Crippen LogP contribution in [0.1, 0.15) is 24.8 Å². The SMILES string of the molecule is N#Cc1ccccc1OCCCN1CCCC1=O. The van der Waals surface area contributed by atoms with Crippen molar-refractivity contribution in [2.24, 2.45) is 0 Å². The number of para-hydroxylation sites is 1. The quantitative estimate of drug-likeness (QED) is 0.744. The standard InChI is InChI=1S/C14H16N2O2/c15-11-12-5-1-2-6-13(12)18-10-4-9-16-8-3-7-14(16)17/h1-2,5-6H,3-4,7-10H2. The summed E-state index contributed by atoms with van der Waals surface area (Å²) in [7, 11) is 0. The molecule has 0 spiro atoms. The zero-order chi connectivity index (χ0) is 12.8.